The van der Waals surface area contributed by atoms with Gasteiger partial charge in [-0.1, -0.05) is 18.5 Å². The lowest BCUT2D eigenvalue weighted by molar-refractivity contribution is -0.160. The van der Waals surface area contributed by atoms with Crippen molar-refractivity contribution in [1.82, 2.24) is 29.4 Å². The lowest BCUT2D eigenvalue weighted by Gasteiger charge is -2.24. The minimum Gasteiger partial charge on any atom is -0.367 e. The smallest absolute Gasteiger partial charge is 0.367 e. The molecule has 3 aliphatic rings. The van der Waals surface area contributed by atoms with Crippen LogP contribution in [0.2, 0.25) is 5.02 Å². The van der Waals surface area contributed by atoms with Crippen LogP contribution in [0.3, 0.4) is 0 Å². The molecule has 0 radical (unpaired) electrons. The van der Waals surface area contributed by atoms with Gasteiger partial charge in [-0.3, -0.25) is 0 Å². The van der Waals surface area contributed by atoms with Crippen molar-refractivity contribution in [3.63, 3.8) is 0 Å². The predicted octanol–water partition coefficient (Wildman–Crippen LogP) is 7.11. The summed E-state index contributed by atoms with van der Waals surface area (Å²) >= 11 is 6.05. The van der Waals surface area contributed by atoms with E-state index in [4.69, 9.17) is 25.8 Å². The molecule has 4 atom stereocenters. The fourth-order valence-corrected chi connectivity index (χ4v) is 7.44. The molecule has 4 heterocycles. The number of aryl methyl sites for hydroxylation is 1. The van der Waals surface area contributed by atoms with Crippen molar-refractivity contribution in [3.8, 4) is 0 Å². The molecule has 1 aliphatic heterocycles. The molecule has 1 aromatic carbocycles. The third-order valence-corrected chi connectivity index (χ3v) is 9.85. The average Bonchev–Trinajstić information content (AvgIpc) is 3.34. The topological polar surface area (TPSA) is 100 Å². The molecule has 14 heteroatoms. The van der Waals surface area contributed by atoms with Gasteiger partial charge in [0, 0.05) is 37.7 Å². The Morgan fingerprint density at radius 3 is 2.71 bits per heavy atom. The molecule has 4 aromatic rings. The summed E-state index contributed by atoms with van der Waals surface area (Å²) in [5, 5.41) is 7.85. The highest BCUT2D eigenvalue weighted by atomic mass is 35.5. The van der Waals surface area contributed by atoms with Crippen molar-refractivity contribution < 1.29 is 27.4 Å². The van der Waals surface area contributed by atoms with E-state index in [2.05, 4.69) is 42.4 Å². The van der Waals surface area contributed by atoms with E-state index in [0.717, 1.165) is 61.7 Å². The lowest BCUT2D eigenvalue weighted by Crippen LogP contribution is -2.33. The highest BCUT2D eigenvalue weighted by molar-refractivity contribution is 6.32. The second-order valence-corrected chi connectivity index (χ2v) is 14.1. The van der Waals surface area contributed by atoms with E-state index >= 15 is 0 Å². The summed E-state index contributed by atoms with van der Waals surface area (Å²) in [6.07, 6.45) is 5.39. The largest absolute Gasteiger partial charge is 0.417 e. The highest BCUT2D eigenvalue weighted by Gasteiger charge is 2.54. The molecule has 2 aliphatic carbocycles. The Kier molecular flexibility index (Phi) is 9.35. The van der Waals surface area contributed by atoms with Crippen LogP contribution in [-0.2, 0) is 33.5 Å². The molecule has 7 rings (SSSR count). The number of aromatic nitrogens is 5. The molecule has 2 saturated carbocycles. The highest BCUT2D eigenvalue weighted by Crippen LogP contribution is 2.48. The Morgan fingerprint density at radius 1 is 1.12 bits per heavy atom. The fraction of sp³-hybridized carbons (Fsp3) is 0.618. The minimum absolute atomic E-state index is 0.0442. The zero-order chi connectivity index (χ0) is 33.6. The van der Waals surface area contributed by atoms with Gasteiger partial charge in [0.2, 0.25) is 0 Å². The summed E-state index contributed by atoms with van der Waals surface area (Å²) in [6, 6.07) is 5.05. The molecule has 2 N–H and O–H groups in total. The maximum absolute atomic E-state index is 13.5. The van der Waals surface area contributed by atoms with Gasteiger partial charge < -0.3 is 34.0 Å². The Labute approximate surface area is 282 Å². The van der Waals surface area contributed by atoms with Crippen LogP contribution in [0.25, 0.3) is 22.1 Å². The molecule has 3 fully saturated rings. The van der Waals surface area contributed by atoms with E-state index in [1.807, 2.05) is 25.3 Å². The number of hydrogen-bond acceptors (Lipinski definition) is 8. The van der Waals surface area contributed by atoms with Crippen molar-refractivity contribution in [3.05, 3.63) is 47.1 Å². The molecule has 260 valence electrons. The summed E-state index contributed by atoms with van der Waals surface area (Å²) in [7, 11) is 0. The van der Waals surface area contributed by atoms with Crippen molar-refractivity contribution in [2.45, 2.75) is 109 Å². The summed E-state index contributed by atoms with van der Waals surface area (Å²) in [4.78, 5) is 13.7. The quantitative estimate of drug-likeness (QED) is 0.135. The molecule has 10 nitrogen and oxygen atoms in total. The van der Waals surface area contributed by atoms with Crippen LogP contribution in [0.4, 0.5) is 19.0 Å². The maximum Gasteiger partial charge on any atom is 0.417 e. The van der Waals surface area contributed by atoms with Gasteiger partial charge in [-0.2, -0.15) is 13.2 Å². The van der Waals surface area contributed by atoms with Gasteiger partial charge in [-0.05, 0) is 77.1 Å². The number of ether oxygens (including phenoxy) is 3. The molecule has 1 saturated heterocycles. The number of anilines is 1. The zero-order valence-electron chi connectivity index (χ0n) is 27.5. The van der Waals surface area contributed by atoms with Crippen LogP contribution in [0, 0.1) is 5.92 Å². The monoisotopic (exact) mass is 689 g/mol. The summed E-state index contributed by atoms with van der Waals surface area (Å²) < 4.78 is 63.3. The third kappa shape index (κ3) is 6.89. The average molecular weight is 690 g/mol. The molecule has 0 amide bonds. The van der Waals surface area contributed by atoms with Crippen LogP contribution >= 0.6 is 11.6 Å². The van der Waals surface area contributed by atoms with E-state index in [-0.39, 0.29) is 41.4 Å². The van der Waals surface area contributed by atoms with Crippen LogP contribution < -0.4 is 10.6 Å². The number of unbranched alkanes of at least 4 members (excludes halogenated alkanes) is 1. The van der Waals surface area contributed by atoms with Gasteiger partial charge in [-0.25, -0.2) is 15.0 Å². The molecule has 1 unspecified atom stereocenters. The number of nitrogens with one attached hydrogen (secondary N) is 2. The molecule has 0 spiro atoms. The van der Waals surface area contributed by atoms with E-state index in [1.54, 1.807) is 6.33 Å². The van der Waals surface area contributed by atoms with Gasteiger partial charge in [0.05, 0.1) is 39.2 Å². The lowest BCUT2D eigenvalue weighted by atomic mass is 10.1. The standard InChI is InChI=1S/C34H43ClF3N7O3/c1-4-13-46-19-45-26-16-24(35)23(34(36,37)38)15-25(26)43-28(45)7-5-6-11-39-17-20-14-27(30-29(20)47-33(2,3)48-30)44-12-10-22-31(42-21-8-9-21)40-18-41-32(22)44/h10,12,15-16,18,20-21,27,29-30,39H,4-9,11,13-14,17,19H2,1-3H3,(H,40,41,42)/t20-,27?,29-,30+/m1/s1. The number of benzene rings is 1. The number of fused-ring (bicyclic) bond motifs is 3. The molecular formula is C34H43ClF3N7O3. The molecule has 0 bridgehead atoms. The van der Waals surface area contributed by atoms with Crippen LogP contribution in [0.1, 0.15) is 76.7 Å². The number of imidazole rings is 1. The first-order chi connectivity index (χ1) is 23.0. The summed E-state index contributed by atoms with van der Waals surface area (Å²) in [5.41, 5.74) is 0.837. The van der Waals surface area contributed by atoms with Gasteiger partial charge in [-0.15, -0.1) is 0 Å². The minimum atomic E-state index is -4.55. The normalized spacial score (nSPS) is 23.8. The number of hydrogen-bond donors (Lipinski definition) is 2. The van der Waals surface area contributed by atoms with E-state index in [0.29, 0.717) is 30.4 Å². The van der Waals surface area contributed by atoms with E-state index in [1.165, 1.54) is 18.9 Å². The van der Waals surface area contributed by atoms with Crippen LogP contribution in [-0.4, -0.2) is 67.8 Å². The first kappa shape index (κ1) is 33.5. The number of halogens is 4. The van der Waals surface area contributed by atoms with Crippen LogP contribution in [0.15, 0.2) is 30.7 Å². The van der Waals surface area contributed by atoms with Crippen molar-refractivity contribution in [1.29, 1.82) is 0 Å². The predicted molar refractivity (Wildman–Crippen MR) is 177 cm³/mol. The number of alkyl halides is 3. The molecule has 3 aromatic heterocycles. The van der Waals surface area contributed by atoms with E-state index < -0.39 is 17.5 Å². The van der Waals surface area contributed by atoms with Crippen molar-refractivity contribution >= 4 is 39.5 Å². The molecule has 48 heavy (non-hydrogen) atoms. The van der Waals surface area contributed by atoms with Crippen LogP contribution in [0.5, 0.6) is 0 Å². The summed E-state index contributed by atoms with van der Waals surface area (Å²) in [5.74, 6) is 1.16. The van der Waals surface area contributed by atoms with Gasteiger partial charge in [0.25, 0.3) is 0 Å². The maximum atomic E-state index is 13.5. The second-order valence-electron chi connectivity index (χ2n) is 13.7. The SMILES string of the molecule is CCCOCn1c(CCCCNC[C@H]2CC(n3ccc4c(NC5CC5)ncnc43)[C@@H]3OC(C)(C)O[C@H]23)nc2cc(C(F)(F)F)c(Cl)cc21. The Hall–Kier alpha value is -2.97. The number of nitrogens with zero attached hydrogens (tertiary/aromatic N) is 5. The zero-order valence-corrected chi connectivity index (χ0v) is 28.3. The second kappa shape index (κ2) is 13.4. The van der Waals surface area contributed by atoms with Gasteiger partial charge >= 0.3 is 6.18 Å². The summed E-state index contributed by atoms with van der Waals surface area (Å²) in [6.45, 7) is 8.27. The first-order valence-electron chi connectivity index (χ1n) is 17.0. The fourth-order valence-electron chi connectivity index (χ4n) is 7.17. The van der Waals surface area contributed by atoms with Gasteiger partial charge in [0.15, 0.2) is 5.79 Å². The first-order valence-corrected chi connectivity index (χ1v) is 17.4. The Morgan fingerprint density at radius 2 is 1.94 bits per heavy atom. The van der Waals surface area contributed by atoms with Gasteiger partial charge in [0.1, 0.15) is 36.5 Å². The third-order valence-electron chi connectivity index (χ3n) is 9.54. The number of rotatable bonds is 14. The molecular weight excluding hydrogens is 647 g/mol. The Bertz CT molecular complexity index is 1760. The Balaban J connectivity index is 0.979. The van der Waals surface area contributed by atoms with Crippen molar-refractivity contribution in [2.75, 3.05) is 25.0 Å². The van der Waals surface area contributed by atoms with Crippen molar-refractivity contribution in [2.24, 2.45) is 5.92 Å². The van der Waals surface area contributed by atoms with E-state index in [9.17, 15) is 13.2 Å².